The third kappa shape index (κ3) is 5.97. The third-order valence-electron chi connectivity index (χ3n) is 6.80. The standard InChI is InChI=1S/C27H37O2PSi/c1-21-16-19-24(29-31(5,6)27(2,3)4)20-23(21)18-17-22-12-10-11-15-26(22)30(28)25-13-8-7-9-14-25/h7-15,18,24,30H,1,16-17,19-20H2,2-6H3/b23-18-/t24-/m0/s1. The third-order valence-corrected chi connectivity index (χ3v) is 13.2. The molecule has 1 unspecified atom stereocenters. The molecule has 2 atom stereocenters. The van der Waals surface area contributed by atoms with Crippen LogP contribution in [-0.4, -0.2) is 14.4 Å². The maximum absolute atomic E-state index is 13.2. The normalized spacial score (nSPS) is 20.1. The van der Waals surface area contributed by atoms with Crippen LogP contribution in [0, 0.1) is 0 Å². The van der Waals surface area contributed by atoms with Crippen molar-refractivity contribution < 1.29 is 8.99 Å². The SMILES string of the molecule is C=C1CC[C@H](O[Si](C)(C)C(C)(C)C)C/C1=C/Cc1ccccc1[PH](=O)c1ccccc1. The van der Waals surface area contributed by atoms with Crippen molar-refractivity contribution in [3.63, 3.8) is 0 Å². The summed E-state index contributed by atoms with van der Waals surface area (Å²) in [5.41, 5.74) is 3.68. The summed E-state index contributed by atoms with van der Waals surface area (Å²) in [6.45, 7) is 15.9. The number of hydrogen-bond acceptors (Lipinski definition) is 2. The van der Waals surface area contributed by atoms with Gasteiger partial charge in [0, 0.05) is 16.7 Å². The van der Waals surface area contributed by atoms with E-state index in [1.165, 1.54) is 11.1 Å². The van der Waals surface area contributed by atoms with Crippen LogP contribution >= 0.6 is 7.80 Å². The van der Waals surface area contributed by atoms with Gasteiger partial charge in [-0.05, 0) is 55.0 Å². The van der Waals surface area contributed by atoms with Gasteiger partial charge in [-0.15, -0.1) is 0 Å². The van der Waals surface area contributed by atoms with Crippen LogP contribution in [0.2, 0.25) is 18.1 Å². The summed E-state index contributed by atoms with van der Waals surface area (Å²) in [5, 5.41) is 2.09. The fourth-order valence-corrected chi connectivity index (χ4v) is 6.73. The Labute approximate surface area is 190 Å². The summed E-state index contributed by atoms with van der Waals surface area (Å²) in [4.78, 5) is 0. The van der Waals surface area contributed by atoms with E-state index in [9.17, 15) is 4.57 Å². The predicted molar refractivity (Wildman–Crippen MR) is 138 cm³/mol. The molecule has 0 heterocycles. The Bertz CT molecular complexity index is 970. The van der Waals surface area contributed by atoms with Gasteiger partial charge in [-0.2, -0.15) is 0 Å². The van der Waals surface area contributed by atoms with Crippen LogP contribution < -0.4 is 10.6 Å². The van der Waals surface area contributed by atoms with Gasteiger partial charge in [0.05, 0.1) is 0 Å². The zero-order valence-electron chi connectivity index (χ0n) is 19.7. The second kappa shape index (κ2) is 9.86. The van der Waals surface area contributed by atoms with Crippen LogP contribution in [0.4, 0.5) is 0 Å². The first kappa shape index (κ1) is 24.0. The van der Waals surface area contributed by atoms with Crippen molar-refractivity contribution in [2.24, 2.45) is 0 Å². The van der Waals surface area contributed by atoms with Crippen molar-refractivity contribution in [1.82, 2.24) is 0 Å². The van der Waals surface area contributed by atoms with Crippen LogP contribution in [-0.2, 0) is 15.4 Å². The van der Waals surface area contributed by atoms with E-state index in [1.54, 1.807) is 0 Å². The molecule has 3 rings (SSSR count). The fourth-order valence-electron chi connectivity index (χ4n) is 3.81. The van der Waals surface area contributed by atoms with Gasteiger partial charge in [0.2, 0.25) is 0 Å². The van der Waals surface area contributed by atoms with Crippen molar-refractivity contribution in [3.05, 3.63) is 84.0 Å². The van der Waals surface area contributed by atoms with E-state index in [0.717, 1.165) is 41.9 Å². The number of benzene rings is 2. The summed E-state index contributed by atoms with van der Waals surface area (Å²) >= 11 is 0. The highest BCUT2D eigenvalue weighted by Crippen LogP contribution is 2.40. The van der Waals surface area contributed by atoms with Crippen LogP contribution in [0.5, 0.6) is 0 Å². The van der Waals surface area contributed by atoms with Crippen molar-refractivity contribution in [2.45, 2.75) is 70.7 Å². The van der Waals surface area contributed by atoms with Gasteiger partial charge in [-0.1, -0.05) is 93.6 Å². The molecular weight excluding hydrogens is 415 g/mol. The van der Waals surface area contributed by atoms with E-state index in [0.29, 0.717) is 0 Å². The highest BCUT2D eigenvalue weighted by molar-refractivity contribution is 7.61. The monoisotopic (exact) mass is 452 g/mol. The lowest BCUT2D eigenvalue weighted by Gasteiger charge is -2.41. The molecule has 0 amide bonds. The Morgan fingerprint density at radius 2 is 1.74 bits per heavy atom. The molecule has 0 radical (unpaired) electrons. The van der Waals surface area contributed by atoms with E-state index >= 15 is 0 Å². The zero-order valence-corrected chi connectivity index (χ0v) is 21.7. The van der Waals surface area contributed by atoms with Gasteiger partial charge in [0.25, 0.3) is 0 Å². The maximum atomic E-state index is 13.2. The van der Waals surface area contributed by atoms with Crippen molar-refractivity contribution in [1.29, 1.82) is 0 Å². The Kier molecular flexibility index (Phi) is 7.62. The van der Waals surface area contributed by atoms with Crippen LogP contribution in [0.3, 0.4) is 0 Å². The quantitative estimate of drug-likeness (QED) is 0.356. The average molecular weight is 453 g/mol. The lowest BCUT2D eigenvalue weighted by molar-refractivity contribution is 0.164. The van der Waals surface area contributed by atoms with Crippen LogP contribution in [0.15, 0.2) is 78.4 Å². The van der Waals surface area contributed by atoms with Crippen molar-refractivity contribution in [2.75, 3.05) is 0 Å². The van der Waals surface area contributed by atoms with E-state index in [-0.39, 0.29) is 11.1 Å². The summed E-state index contributed by atoms with van der Waals surface area (Å²) in [5.74, 6) is 0. The van der Waals surface area contributed by atoms with Crippen LogP contribution in [0.25, 0.3) is 0 Å². The second-order valence-electron chi connectivity index (χ2n) is 10.1. The molecule has 4 heteroatoms. The Morgan fingerprint density at radius 1 is 1.10 bits per heavy atom. The second-order valence-corrected chi connectivity index (χ2v) is 16.7. The maximum Gasteiger partial charge on any atom is 0.192 e. The lowest BCUT2D eigenvalue weighted by atomic mass is 9.87. The molecule has 1 fully saturated rings. The molecule has 1 aliphatic carbocycles. The molecule has 0 N–H and O–H groups in total. The number of allylic oxidation sites excluding steroid dienone is 2. The molecule has 0 bridgehead atoms. The van der Waals surface area contributed by atoms with E-state index in [1.807, 2.05) is 48.5 Å². The summed E-state index contributed by atoms with van der Waals surface area (Å²) in [6, 6.07) is 17.9. The van der Waals surface area contributed by atoms with E-state index in [2.05, 4.69) is 52.6 Å². The first-order chi connectivity index (χ1) is 14.6. The largest absolute Gasteiger partial charge is 0.414 e. The molecule has 166 valence electrons. The minimum atomic E-state index is -2.01. The molecule has 0 spiro atoms. The molecule has 0 aromatic heterocycles. The van der Waals surface area contributed by atoms with Gasteiger partial charge >= 0.3 is 0 Å². The topological polar surface area (TPSA) is 26.3 Å². The van der Waals surface area contributed by atoms with E-state index in [4.69, 9.17) is 4.43 Å². The first-order valence-corrected chi connectivity index (χ1v) is 15.6. The first-order valence-electron chi connectivity index (χ1n) is 11.3. The van der Waals surface area contributed by atoms with Crippen molar-refractivity contribution in [3.8, 4) is 0 Å². The van der Waals surface area contributed by atoms with Gasteiger partial charge < -0.3 is 8.99 Å². The molecule has 2 nitrogen and oxygen atoms in total. The van der Waals surface area contributed by atoms with Crippen molar-refractivity contribution >= 4 is 26.7 Å². The Hall–Kier alpha value is -1.67. The smallest absolute Gasteiger partial charge is 0.192 e. The predicted octanol–water partition coefficient (Wildman–Crippen LogP) is 6.80. The average Bonchev–Trinajstić information content (AvgIpc) is 2.73. The van der Waals surface area contributed by atoms with Crippen LogP contribution in [0.1, 0.15) is 45.6 Å². The highest BCUT2D eigenvalue weighted by atomic mass is 31.1. The minimum Gasteiger partial charge on any atom is -0.414 e. The molecule has 0 saturated heterocycles. The molecular formula is C27H37O2PSi. The molecule has 2 aromatic rings. The summed E-state index contributed by atoms with van der Waals surface area (Å²) in [6.07, 6.45) is 6.33. The lowest BCUT2D eigenvalue weighted by Crippen LogP contribution is -2.44. The Balaban J connectivity index is 1.77. The molecule has 2 aromatic carbocycles. The number of rotatable bonds is 6. The van der Waals surface area contributed by atoms with Gasteiger partial charge in [-0.25, -0.2) is 0 Å². The fraction of sp³-hybridized carbons (Fsp3) is 0.407. The minimum absolute atomic E-state index is 0.217. The molecule has 0 aliphatic heterocycles. The van der Waals surface area contributed by atoms with Gasteiger partial charge in [-0.3, -0.25) is 0 Å². The summed E-state index contributed by atoms with van der Waals surface area (Å²) < 4.78 is 19.9. The highest BCUT2D eigenvalue weighted by Gasteiger charge is 2.39. The van der Waals surface area contributed by atoms with Gasteiger partial charge in [0.1, 0.15) is 7.80 Å². The Morgan fingerprint density at radius 3 is 2.42 bits per heavy atom. The van der Waals surface area contributed by atoms with Gasteiger partial charge in [0.15, 0.2) is 8.32 Å². The molecule has 31 heavy (non-hydrogen) atoms. The molecule has 1 aliphatic rings. The summed E-state index contributed by atoms with van der Waals surface area (Å²) in [7, 11) is -3.80. The number of hydrogen-bond donors (Lipinski definition) is 0. The molecule has 1 saturated carbocycles. The zero-order chi connectivity index (χ0) is 22.6. The van der Waals surface area contributed by atoms with E-state index < -0.39 is 16.1 Å².